The molecule has 0 aliphatic heterocycles. The maximum Gasteiger partial charge on any atom is 0.337 e. The van der Waals surface area contributed by atoms with Gasteiger partial charge in [0.25, 0.3) is 0 Å². The van der Waals surface area contributed by atoms with E-state index in [0.29, 0.717) is 17.2 Å². The number of hydrogen-bond acceptors (Lipinski definition) is 4. The summed E-state index contributed by atoms with van der Waals surface area (Å²) >= 11 is 5.26. The third kappa shape index (κ3) is 4.96. The van der Waals surface area contributed by atoms with E-state index < -0.39 is 0 Å². The lowest BCUT2D eigenvalue weighted by Gasteiger charge is -2.12. The Labute approximate surface area is 140 Å². The van der Waals surface area contributed by atoms with E-state index in [9.17, 15) is 4.79 Å². The molecule has 2 N–H and O–H groups in total. The molecule has 0 unspecified atom stereocenters. The van der Waals surface area contributed by atoms with Gasteiger partial charge in [-0.25, -0.2) is 4.79 Å². The topological polar surface area (TPSA) is 59.6 Å². The summed E-state index contributed by atoms with van der Waals surface area (Å²) in [4.78, 5) is 11.5. The first-order chi connectivity index (χ1) is 11.1. The van der Waals surface area contributed by atoms with Gasteiger partial charge in [-0.05, 0) is 48.1 Å². The van der Waals surface area contributed by atoms with E-state index >= 15 is 0 Å². The molecule has 6 heteroatoms. The summed E-state index contributed by atoms with van der Waals surface area (Å²) in [6.07, 6.45) is 0. The molecule has 120 valence electrons. The summed E-state index contributed by atoms with van der Waals surface area (Å²) in [5.74, 6) is 0.415. The lowest BCUT2D eigenvalue weighted by Crippen LogP contribution is -2.27. The largest absolute Gasteiger partial charge is 0.497 e. The maximum absolute atomic E-state index is 11.5. The molecular formula is C17H18N2O3S. The molecule has 0 aliphatic carbocycles. The van der Waals surface area contributed by atoms with E-state index in [-0.39, 0.29) is 5.97 Å². The summed E-state index contributed by atoms with van der Waals surface area (Å²) in [7, 11) is 2.98. The van der Waals surface area contributed by atoms with E-state index in [1.165, 1.54) is 7.11 Å². The summed E-state index contributed by atoms with van der Waals surface area (Å²) < 4.78 is 9.88. The number of anilines is 1. The SMILES string of the molecule is COC(=O)c1cccc(NC(=S)NCc2cccc(OC)c2)c1. The van der Waals surface area contributed by atoms with Crippen LogP contribution in [0.4, 0.5) is 5.69 Å². The molecule has 0 saturated carbocycles. The van der Waals surface area contributed by atoms with Crippen molar-refractivity contribution in [2.24, 2.45) is 0 Å². The van der Waals surface area contributed by atoms with Crippen LogP contribution in [-0.4, -0.2) is 25.3 Å². The van der Waals surface area contributed by atoms with Crippen LogP contribution < -0.4 is 15.4 Å². The molecule has 0 aromatic heterocycles. The highest BCUT2D eigenvalue weighted by Gasteiger charge is 2.06. The first-order valence-electron chi connectivity index (χ1n) is 6.98. The molecular weight excluding hydrogens is 312 g/mol. The highest BCUT2D eigenvalue weighted by molar-refractivity contribution is 7.80. The van der Waals surface area contributed by atoms with Crippen molar-refractivity contribution in [3.05, 3.63) is 59.7 Å². The van der Waals surface area contributed by atoms with Crippen molar-refractivity contribution in [2.75, 3.05) is 19.5 Å². The van der Waals surface area contributed by atoms with Crippen molar-refractivity contribution < 1.29 is 14.3 Å². The second-order valence-electron chi connectivity index (χ2n) is 4.73. The molecule has 0 saturated heterocycles. The van der Waals surface area contributed by atoms with Gasteiger partial charge < -0.3 is 20.1 Å². The third-order valence-corrected chi connectivity index (χ3v) is 3.38. The Balaban J connectivity index is 1.93. The first-order valence-corrected chi connectivity index (χ1v) is 7.39. The number of nitrogens with one attached hydrogen (secondary N) is 2. The quantitative estimate of drug-likeness (QED) is 0.649. The minimum Gasteiger partial charge on any atom is -0.497 e. The minimum atomic E-state index is -0.385. The maximum atomic E-state index is 11.5. The van der Waals surface area contributed by atoms with Crippen LogP contribution in [0, 0.1) is 0 Å². The molecule has 23 heavy (non-hydrogen) atoms. The van der Waals surface area contributed by atoms with Crippen LogP contribution in [-0.2, 0) is 11.3 Å². The van der Waals surface area contributed by atoms with Crippen LogP contribution in [0.1, 0.15) is 15.9 Å². The molecule has 0 aliphatic rings. The molecule has 2 aromatic rings. The molecule has 0 heterocycles. The normalized spacial score (nSPS) is 9.83. The van der Waals surface area contributed by atoms with Crippen molar-refractivity contribution in [1.29, 1.82) is 0 Å². The van der Waals surface area contributed by atoms with Crippen molar-refractivity contribution >= 4 is 29.0 Å². The van der Waals surface area contributed by atoms with Crippen LogP contribution in [0.5, 0.6) is 5.75 Å². The Morgan fingerprint density at radius 3 is 2.65 bits per heavy atom. The Morgan fingerprint density at radius 2 is 1.91 bits per heavy atom. The zero-order chi connectivity index (χ0) is 16.7. The molecule has 2 aromatic carbocycles. The van der Waals surface area contributed by atoms with Gasteiger partial charge in [-0.15, -0.1) is 0 Å². The standard InChI is InChI=1S/C17H18N2O3S/c1-21-15-8-3-5-12(9-15)11-18-17(23)19-14-7-4-6-13(10-14)16(20)22-2/h3-10H,11H2,1-2H3,(H2,18,19,23). The van der Waals surface area contributed by atoms with Crippen molar-refractivity contribution in [1.82, 2.24) is 5.32 Å². The second-order valence-corrected chi connectivity index (χ2v) is 5.14. The van der Waals surface area contributed by atoms with Gasteiger partial charge in [-0.3, -0.25) is 0 Å². The van der Waals surface area contributed by atoms with Crippen LogP contribution >= 0.6 is 12.2 Å². The fraction of sp³-hybridized carbons (Fsp3) is 0.176. The number of esters is 1. The molecule has 0 atom stereocenters. The Hall–Kier alpha value is -2.60. The van der Waals surface area contributed by atoms with E-state index in [1.54, 1.807) is 25.3 Å². The van der Waals surface area contributed by atoms with Crippen LogP contribution in [0.25, 0.3) is 0 Å². The lowest BCUT2D eigenvalue weighted by molar-refractivity contribution is 0.0601. The van der Waals surface area contributed by atoms with E-state index in [4.69, 9.17) is 21.7 Å². The number of thiocarbonyl (C=S) groups is 1. The molecule has 5 nitrogen and oxygen atoms in total. The Bertz CT molecular complexity index is 704. The Kier molecular flexibility index (Phi) is 5.94. The lowest BCUT2D eigenvalue weighted by atomic mass is 10.2. The van der Waals surface area contributed by atoms with Gasteiger partial charge in [-0.2, -0.15) is 0 Å². The summed E-state index contributed by atoms with van der Waals surface area (Å²) in [5, 5.41) is 6.62. The Morgan fingerprint density at radius 1 is 1.13 bits per heavy atom. The van der Waals surface area contributed by atoms with Crippen LogP contribution in [0.2, 0.25) is 0 Å². The molecule has 0 fully saturated rings. The summed E-state index contributed by atoms with van der Waals surface area (Å²) in [5.41, 5.74) is 2.24. The molecule has 0 radical (unpaired) electrons. The van der Waals surface area contributed by atoms with Crippen molar-refractivity contribution in [2.45, 2.75) is 6.54 Å². The number of ether oxygens (including phenoxy) is 2. The molecule has 2 rings (SSSR count). The highest BCUT2D eigenvalue weighted by Crippen LogP contribution is 2.13. The van der Waals surface area contributed by atoms with Gasteiger partial charge in [-0.1, -0.05) is 18.2 Å². The van der Waals surface area contributed by atoms with Gasteiger partial charge in [0.1, 0.15) is 5.75 Å². The second kappa shape index (κ2) is 8.14. The summed E-state index contributed by atoms with van der Waals surface area (Å²) in [6.45, 7) is 0.569. The van der Waals surface area contributed by atoms with Crippen LogP contribution in [0.3, 0.4) is 0 Å². The molecule has 0 spiro atoms. The number of benzene rings is 2. The van der Waals surface area contributed by atoms with E-state index in [1.807, 2.05) is 30.3 Å². The predicted molar refractivity (Wildman–Crippen MR) is 93.8 cm³/mol. The summed E-state index contributed by atoms with van der Waals surface area (Å²) in [6, 6.07) is 14.7. The third-order valence-electron chi connectivity index (χ3n) is 3.13. The van der Waals surface area contributed by atoms with Gasteiger partial charge in [0.15, 0.2) is 5.11 Å². The first kappa shape index (κ1) is 16.8. The monoisotopic (exact) mass is 330 g/mol. The van der Waals surface area contributed by atoms with Gasteiger partial charge in [0.05, 0.1) is 19.8 Å². The van der Waals surface area contributed by atoms with Gasteiger partial charge >= 0.3 is 5.97 Å². The fourth-order valence-corrected chi connectivity index (χ4v) is 2.17. The number of hydrogen-bond donors (Lipinski definition) is 2. The van der Waals surface area contributed by atoms with Gasteiger partial charge in [0.2, 0.25) is 0 Å². The minimum absolute atomic E-state index is 0.385. The van der Waals surface area contributed by atoms with Crippen molar-refractivity contribution in [3.8, 4) is 5.75 Å². The zero-order valence-corrected chi connectivity index (χ0v) is 13.8. The highest BCUT2D eigenvalue weighted by atomic mass is 32.1. The number of carbonyl (C=O) groups is 1. The van der Waals surface area contributed by atoms with Crippen LogP contribution in [0.15, 0.2) is 48.5 Å². The molecule has 0 amide bonds. The average molecular weight is 330 g/mol. The van der Waals surface area contributed by atoms with E-state index in [0.717, 1.165) is 17.0 Å². The fourth-order valence-electron chi connectivity index (χ4n) is 1.98. The van der Waals surface area contributed by atoms with Crippen molar-refractivity contribution in [3.63, 3.8) is 0 Å². The number of rotatable bonds is 5. The number of methoxy groups -OCH3 is 2. The smallest absolute Gasteiger partial charge is 0.337 e. The van der Waals surface area contributed by atoms with E-state index in [2.05, 4.69) is 10.6 Å². The predicted octanol–water partition coefficient (Wildman–Crippen LogP) is 2.97. The average Bonchev–Trinajstić information content (AvgIpc) is 2.59. The number of carbonyl (C=O) groups excluding carboxylic acids is 1. The van der Waals surface area contributed by atoms with Gasteiger partial charge in [0, 0.05) is 12.2 Å². The molecule has 0 bridgehead atoms. The zero-order valence-electron chi connectivity index (χ0n) is 13.0.